The summed E-state index contributed by atoms with van der Waals surface area (Å²) < 4.78 is 2.41. The Balaban J connectivity index is 1.26. The normalized spacial score (nSPS) is 11.2. The molecule has 0 aliphatic heterocycles. The summed E-state index contributed by atoms with van der Waals surface area (Å²) in [6, 6.07) is 65.0. The highest BCUT2D eigenvalue weighted by atomic mass is 15.1. The van der Waals surface area contributed by atoms with Gasteiger partial charge in [-0.3, -0.25) is 0 Å². The number of hydrogen-bond donors (Lipinski definition) is 0. The summed E-state index contributed by atoms with van der Waals surface area (Å²) in [6.07, 6.45) is 0. The van der Waals surface area contributed by atoms with Gasteiger partial charge in [0.15, 0.2) is 0 Å². The quantitative estimate of drug-likeness (QED) is 0.196. The Labute approximate surface area is 257 Å². The minimum Gasteiger partial charge on any atom is -0.311 e. The van der Waals surface area contributed by atoms with E-state index in [1.165, 1.54) is 44.1 Å². The van der Waals surface area contributed by atoms with E-state index in [2.05, 4.69) is 191 Å². The van der Waals surface area contributed by atoms with Crippen molar-refractivity contribution < 1.29 is 0 Å². The predicted molar refractivity (Wildman–Crippen MR) is 186 cm³/mol. The Morgan fingerprint density at radius 3 is 1.52 bits per heavy atom. The minimum atomic E-state index is 1.11. The predicted octanol–water partition coefficient (Wildman–Crippen LogP) is 11.6. The molecule has 0 N–H and O–H groups in total. The first-order chi connectivity index (χ1) is 21.8. The zero-order valence-corrected chi connectivity index (χ0v) is 24.2. The summed E-state index contributed by atoms with van der Waals surface area (Å²) in [5.41, 5.74) is 11.8. The zero-order valence-electron chi connectivity index (χ0n) is 24.2. The van der Waals surface area contributed by atoms with Gasteiger partial charge in [-0.1, -0.05) is 127 Å². The number of benzene rings is 7. The SMILES string of the molecule is c1ccc(-c2ccc(N(c3ccccc3)c3ccc(-n4c5ccccc5c5cccc(-c6ccccc6)c54)cc3)cc2)cc1. The van der Waals surface area contributed by atoms with Gasteiger partial charge in [-0.05, 0) is 71.3 Å². The lowest BCUT2D eigenvalue weighted by molar-refractivity contribution is 1.17. The first-order valence-electron chi connectivity index (χ1n) is 15.0. The van der Waals surface area contributed by atoms with Gasteiger partial charge in [0, 0.05) is 39.1 Å². The molecule has 0 unspecified atom stereocenters. The summed E-state index contributed by atoms with van der Waals surface area (Å²) in [5, 5.41) is 2.52. The van der Waals surface area contributed by atoms with E-state index < -0.39 is 0 Å². The molecular formula is C42H30N2. The second kappa shape index (κ2) is 11.1. The molecule has 8 rings (SSSR count). The molecule has 2 heteroatoms. The van der Waals surface area contributed by atoms with Crippen LogP contribution in [0.2, 0.25) is 0 Å². The van der Waals surface area contributed by atoms with Crippen LogP contribution in [0, 0.1) is 0 Å². The third kappa shape index (κ3) is 4.54. The maximum absolute atomic E-state index is 2.41. The third-order valence-electron chi connectivity index (χ3n) is 8.39. The monoisotopic (exact) mass is 562 g/mol. The fourth-order valence-electron chi connectivity index (χ4n) is 6.35. The van der Waals surface area contributed by atoms with Crippen molar-refractivity contribution in [2.45, 2.75) is 0 Å². The average Bonchev–Trinajstić information content (AvgIpc) is 3.45. The summed E-state index contributed by atoms with van der Waals surface area (Å²) >= 11 is 0. The van der Waals surface area contributed by atoms with Gasteiger partial charge in [-0.25, -0.2) is 0 Å². The largest absolute Gasteiger partial charge is 0.311 e. The molecule has 0 aliphatic rings. The van der Waals surface area contributed by atoms with Gasteiger partial charge in [0.1, 0.15) is 0 Å². The van der Waals surface area contributed by atoms with Crippen molar-refractivity contribution in [1.82, 2.24) is 4.57 Å². The van der Waals surface area contributed by atoms with Crippen LogP contribution in [-0.2, 0) is 0 Å². The fourth-order valence-corrected chi connectivity index (χ4v) is 6.35. The standard InChI is InChI=1S/C42H30N2/c1-4-13-31(14-5-1)32-23-25-35(26-24-32)43(34-17-8-3-9-18-34)36-27-29-37(30-28-36)44-41-22-11-10-19-39(41)40-21-12-20-38(42(40)44)33-15-6-2-7-16-33/h1-30H. The molecule has 2 nitrogen and oxygen atoms in total. The maximum atomic E-state index is 2.41. The van der Waals surface area contributed by atoms with Crippen molar-refractivity contribution in [3.8, 4) is 27.9 Å². The lowest BCUT2D eigenvalue weighted by Gasteiger charge is -2.26. The summed E-state index contributed by atoms with van der Waals surface area (Å²) in [5.74, 6) is 0. The number of fused-ring (bicyclic) bond motifs is 3. The van der Waals surface area contributed by atoms with Crippen LogP contribution in [0.5, 0.6) is 0 Å². The van der Waals surface area contributed by atoms with E-state index in [-0.39, 0.29) is 0 Å². The van der Waals surface area contributed by atoms with Gasteiger partial charge >= 0.3 is 0 Å². The number of aromatic nitrogens is 1. The Bertz CT molecular complexity index is 2180. The molecular weight excluding hydrogens is 532 g/mol. The molecule has 0 atom stereocenters. The first kappa shape index (κ1) is 25.8. The van der Waals surface area contributed by atoms with E-state index in [4.69, 9.17) is 0 Å². The first-order valence-corrected chi connectivity index (χ1v) is 15.0. The second-order valence-corrected chi connectivity index (χ2v) is 11.0. The van der Waals surface area contributed by atoms with Crippen molar-refractivity contribution in [2.24, 2.45) is 0 Å². The number of nitrogens with zero attached hydrogens (tertiary/aromatic N) is 2. The number of para-hydroxylation sites is 3. The molecule has 0 aliphatic carbocycles. The Kier molecular flexibility index (Phi) is 6.51. The molecule has 0 radical (unpaired) electrons. The maximum Gasteiger partial charge on any atom is 0.0619 e. The van der Waals surface area contributed by atoms with Crippen molar-refractivity contribution in [1.29, 1.82) is 0 Å². The zero-order chi connectivity index (χ0) is 29.3. The molecule has 7 aromatic carbocycles. The van der Waals surface area contributed by atoms with Gasteiger partial charge in [0.25, 0.3) is 0 Å². The molecule has 44 heavy (non-hydrogen) atoms. The summed E-state index contributed by atoms with van der Waals surface area (Å²) in [6.45, 7) is 0. The van der Waals surface area contributed by atoms with E-state index in [0.717, 1.165) is 22.7 Å². The van der Waals surface area contributed by atoms with Crippen molar-refractivity contribution in [2.75, 3.05) is 4.90 Å². The van der Waals surface area contributed by atoms with Gasteiger partial charge < -0.3 is 9.47 Å². The van der Waals surface area contributed by atoms with Gasteiger partial charge in [0.2, 0.25) is 0 Å². The lowest BCUT2D eigenvalue weighted by atomic mass is 10.0. The highest BCUT2D eigenvalue weighted by molar-refractivity contribution is 6.13. The molecule has 0 saturated heterocycles. The molecule has 208 valence electrons. The molecule has 0 bridgehead atoms. The summed E-state index contributed by atoms with van der Waals surface area (Å²) in [7, 11) is 0. The third-order valence-corrected chi connectivity index (χ3v) is 8.39. The van der Waals surface area contributed by atoms with Crippen LogP contribution >= 0.6 is 0 Å². The van der Waals surface area contributed by atoms with Crippen molar-refractivity contribution in [3.63, 3.8) is 0 Å². The number of rotatable bonds is 6. The molecule has 0 spiro atoms. The Hall–Kier alpha value is -5.86. The second-order valence-electron chi connectivity index (χ2n) is 11.0. The topological polar surface area (TPSA) is 8.17 Å². The van der Waals surface area contributed by atoms with E-state index in [0.29, 0.717) is 0 Å². The summed E-state index contributed by atoms with van der Waals surface area (Å²) in [4.78, 5) is 2.32. The minimum absolute atomic E-state index is 1.11. The van der Waals surface area contributed by atoms with Crippen molar-refractivity contribution >= 4 is 38.9 Å². The van der Waals surface area contributed by atoms with Gasteiger partial charge in [-0.2, -0.15) is 0 Å². The van der Waals surface area contributed by atoms with Gasteiger partial charge in [0.05, 0.1) is 11.0 Å². The molecule has 1 heterocycles. The van der Waals surface area contributed by atoms with Crippen LogP contribution in [0.4, 0.5) is 17.1 Å². The van der Waals surface area contributed by atoms with Crippen LogP contribution in [0.25, 0.3) is 49.7 Å². The van der Waals surface area contributed by atoms with Crippen LogP contribution in [-0.4, -0.2) is 4.57 Å². The molecule has 8 aromatic rings. The smallest absolute Gasteiger partial charge is 0.0619 e. The van der Waals surface area contributed by atoms with Crippen LogP contribution in [0.3, 0.4) is 0 Å². The van der Waals surface area contributed by atoms with Crippen molar-refractivity contribution in [3.05, 3.63) is 182 Å². The van der Waals surface area contributed by atoms with Crippen LogP contribution < -0.4 is 4.90 Å². The lowest BCUT2D eigenvalue weighted by Crippen LogP contribution is -2.10. The van der Waals surface area contributed by atoms with Gasteiger partial charge in [-0.15, -0.1) is 0 Å². The molecule has 0 fully saturated rings. The van der Waals surface area contributed by atoms with E-state index in [1.807, 2.05) is 0 Å². The Morgan fingerprint density at radius 1 is 0.341 bits per heavy atom. The molecule has 0 amide bonds. The van der Waals surface area contributed by atoms with E-state index in [9.17, 15) is 0 Å². The molecule has 1 aromatic heterocycles. The number of anilines is 3. The number of hydrogen-bond acceptors (Lipinski definition) is 1. The van der Waals surface area contributed by atoms with Crippen LogP contribution in [0.1, 0.15) is 0 Å². The Morgan fingerprint density at radius 2 is 0.841 bits per heavy atom. The van der Waals surface area contributed by atoms with Crippen LogP contribution in [0.15, 0.2) is 182 Å². The fraction of sp³-hybridized carbons (Fsp3) is 0. The highest BCUT2D eigenvalue weighted by Crippen LogP contribution is 2.40. The van der Waals surface area contributed by atoms with E-state index in [1.54, 1.807) is 0 Å². The average molecular weight is 563 g/mol. The highest BCUT2D eigenvalue weighted by Gasteiger charge is 2.17. The van der Waals surface area contributed by atoms with E-state index >= 15 is 0 Å². The molecule has 0 saturated carbocycles.